The molecule has 0 radical (unpaired) electrons. The normalized spacial score (nSPS) is 14.7. The number of carbonyl (C=O) groups is 1. The largest absolute Gasteiger partial charge is 0.465 e. The average molecular weight is 789 g/mol. The molecular weight excluding hydrogens is 746 g/mol. The maximum Gasteiger partial charge on any atom is 0.416 e. The molecule has 0 N–H and O–H groups in total. The lowest BCUT2D eigenvalue weighted by molar-refractivity contribution is -0.145. The summed E-state index contributed by atoms with van der Waals surface area (Å²) >= 11 is 1.27. The number of carbonyl (C=O) groups excluding carboxylic acids is 1. The predicted octanol–water partition coefficient (Wildman–Crippen LogP) is 11.1. The first-order valence-electron chi connectivity index (χ1n) is 18.2. The Morgan fingerprint density at radius 1 is 0.945 bits per heavy atom. The van der Waals surface area contributed by atoms with Crippen LogP contribution >= 0.6 is 11.9 Å². The van der Waals surface area contributed by atoms with Gasteiger partial charge in [0.1, 0.15) is 5.82 Å². The van der Waals surface area contributed by atoms with E-state index in [0.717, 1.165) is 28.4 Å². The summed E-state index contributed by atoms with van der Waals surface area (Å²) in [5.41, 5.74) is 1.87. The number of nitrogens with zero attached hydrogens (tertiary/aromatic N) is 4. The first kappa shape index (κ1) is 40.4. The minimum Gasteiger partial charge on any atom is -0.465 e. The van der Waals surface area contributed by atoms with Gasteiger partial charge in [0.15, 0.2) is 0 Å². The maximum absolute atomic E-state index is 15.8. The van der Waals surface area contributed by atoms with Crippen molar-refractivity contribution >= 4 is 28.8 Å². The molecular formula is C41H43F7N4O2S. The fourth-order valence-electron chi connectivity index (χ4n) is 7.23. The van der Waals surface area contributed by atoms with Gasteiger partial charge in [0, 0.05) is 41.6 Å². The van der Waals surface area contributed by atoms with Crippen LogP contribution in [0.15, 0.2) is 60.8 Å². The molecule has 1 aliphatic rings. The molecule has 2 aromatic heterocycles. The van der Waals surface area contributed by atoms with Gasteiger partial charge in [-0.15, -0.1) is 0 Å². The molecule has 0 fully saturated rings. The van der Waals surface area contributed by atoms with Crippen LogP contribution in [0.2, 0.25) is 0 Å². The number of esters is 1. The van der Waals surface area contributed by atoms with E-state index in [1.807, 2.05) is 64.4 Å². The van der Waals surface area contributed by atoms with Gasteiger partial charge in [-0.25, -0.2) is 9.07 Å². The first-order chi connectivity index (χ1) is 25.9. The molecule has 294 valence electrons. The number of ether oxygens (including phenoxy) is 1. The Morgan fingerprint density at radius 2 is 1.64 bits per heavy atom. The monoisotopic (exact) mass is 788 g/mol. The van der Waals surface area contributed by atoms with Crippen LogP contribution in [0.4, 0.5) is 30.7 Å². The molecule has 3 aromatic carbocycles. The Bertz CT molecular complexity index is 2200. The molecule has 6 nitrogen and oxygen atoms in total. The quantitative estimate of drug-likeness (QED) is 0.0931. The highest BCUT2D eigenvalue weighted by Gasteiger charge is 2.45. The summed E-state index contributed by atoms with van der Waals surface area (Å²) in [6.07, 6.45) is -6.73. The van der Waals surface area contributed by atoms with Gasteiger partial charge in [-0.3, -0.25) is 13.7 Å². The number of aryl methyl sites for hydroxylation is 2. The molecule has 0 aliphatic carbocycles. The molecule has 3 heterocycles. The zero-order chi connectivity index (χ0) is 40.0. The Kier molecular flexibility index (Phi) is 11.2. The van der Waals surface area contributed by atoms with Gasteiger partial charge in [0.2, 0.25) is 0 Å². The Balaban J connectivity index is 1.47. The third kappa shape index (κ3) is 7.89. The Morgan fingerprint density at radius 3 is 2.25 bits per heavy atom. The number of aromatic nitrogens is 3. The summed E-state index contributed by atoms with van der Waals surface area (Å²) in [7, 11) is 0. The number of halogens is 7. The van der Waals surface area contributed by atoms with Gasteiger partial charge < -0.3 is 4.74 Å². The van der Waals surface area contributed by atoms with E-state index in [1.165, 1.54) is 18.0 Å². The van der Waals surface area contributed by atoms with Crippen molar-refractivity contribution in [3.05, 3.63) is 106 Å². The van der Waals surface area contributed by atoms with Crippen molar-refractivity contribution in [1.29, 1.82) is 0 Å². The lowest BCUT2D eigenvalue weighted by atomic mass is 9.96. The molecule has 0 saturated heterocycles. The zero-order valence-electron chi connectivity index (χ0n) is 31.5. The fraction of sp³-hybridized carbons (Fsp3) is 0.415. The second kappa shape index (κ2) is 15.3. The molecule has 55 heavy (non-hydrogen) atoms. The Hall–Kier alpha value is -4.30. The lowest BCUT2D eigenvalue weighted by Crippen LogP contribution is -2.36. The van der Waals surface area contributed by atoms with Crippen molar-refractivity contribution in [2.24, 2.45) is 5.92 Å². The third-order valence-corrected chi connectivity index (χ3v) is 11.1. The van der Waals surface area contributed by atoms with Gasteiger partial charge in [-0.1, -0.05) is 52.0 Å². The zero-order valence-corrected chi connectivity index (χ0v) is 32.3. The molecule has 14 heteroatoms. The van der Waals surface area contributed by atoms with Gasteiger partial charge in [0.25, 0.3) is 0 Å². The van der Waals surface area contributed by atoms with Crippen LogP contribution in [0.5, 0.6) is 0 Å². The number of fused-ring (bicyclic) bond motifs is 2. The minimum atomic E-state index is -5.02. The fourth-order valence-corrected chi connectivity index (χ4v) is 8.15. The number of hydrogen-bond donors (Lipinski definition) is 0. The van der Waals surface area contributed by atoms with E-state index in [2.05, 4.69) is 0 Å². The van der Waals surface area contributed by atoms with E-state index in [4.69, 9.17) is 9.84 Å². The topological polar surface area (TPSA) is 52.3 Å². The standard InChI is InChI=1S/C41H43F7N4O2S/c1-7-25-10-9-11-26(8-2)35(25)52-36(29-14-15-33(42)37-30(29)16-18-51(37)55-19-17-34(53)54-23-24(3)4)31-22-50(39(5,6)38(31)49-52)21-27-12-13-28(40(43,44)45)20-32(27)41(46,47)48/h9-16,18,20,24H,7-8,17,19,21-23H2,1-6H3. The van der Waals surface area contributed by atoms with Gasteiger partial charge >= 0.3 is 18.3 Å². The van der Waals surface area contributed by atoms with Crippen LogP contribution in [0.3, 0.4) is 0 Å². The summed E-state index contributed by atoms with van der Waals surface area (Å²) in [5, 5.41) is 5.77. The summed E-state index contributed by atoms with van der Waals surface area (Å²) in [6, 6.07) is 12.6. The van der Waals surface area contributed by atoms with Crippen LogP contribution in [0, 0.1) is 11.7 Å². The Labute approximate surface area is 319 Å². The van der Waals surface area contributed by atoms with Gasteiger partial charge in [-0.05, 0) is 91.6 Å². The number of rotatable bonds is 12. The highest BCUT2D eigenvalue weighted by Crippen LogP contribution is 2.48. The van der Waals surface area contributed by atoms with Crippen LogP contribution in [0.25, 0.3) is 27.8 Å². The average Bonchev–Trinajstić information content (AvgIpc) is 3.78. The van der Waals surface area contributed by atoms with Crippen molar-refractivity contribution in [2.75, 3.05) is 12.4 Å². The van der Waals surface area contributed by atoms with Gasteiger partial charge in [0.05, 0.1) is 52.3 Å². The predicted molar refractivity (Wildman–Crippen MR) is 200 cm³/mol. The van der Waals surface area contributed by atoms with Crippen molar-refractivity contribution < 1.29 is 40.3 Å². The van der Waals surface area contributed by atoms with Crippen LogP contribution in [0.1, 0.15) is 87.0 Å². The highest BCUT2D eigenvalue weighted by molar-refractivity contribution is 7.98. The van der Waals surface area contributed by atoms with E-state index in [0.29, 0.717) is 59.1 Å². The highest BCUT2D eigenvalue weighted by atomic mass is 32.2. The molecule has 0 atom stereocenters. The summed E-state index contributed by atoms with van der Waals surface area (Å²) in [5.74, 6) is -0.280. The van der Waals surface area contributed by atoms with Crippen molar-refractivity contribution in [3.63, 3.8) is 0 Å². The minimum absolute atomic E-state index is 0.124. The first-order valence-corrected chi connectivity index (χ1v) is 19.2. The number of para-hydroxylation sites is 1. The second-order valence-electron chi connectivity index (χ2n) is 14.7. The summed E-state index contributed by atoms with van der Waals surface area (Å²) in [6.45, 7) is 11.8. The summed E-state index contributed by atoms with van der Waals surface area (Å²) < 4.78 is 108. The number of hydrogen-bond acceptors (Lipinski definition) is 5. The third-order valence-electron chi connectivity index (χ3n) is 10.1. The SMILES string of the molecule is CCc1cccc(CC)c1-n1nc2c(c1-c1ccc(F)c3c1ccn3SCCC(=O)OCC(C)C)CN(Cc1ccc(C(F)(F)F)cc1C(F)(F)F)C2(C)C. The second-order valence-corrected chi connectivity index (χ2v) is 15.7. The van der Waals surface area contributed by atoms with E-state index < -0.39 is 34.8 Å². The maximum atomic E-state index is 15.8. The van der Waals surface area contributed by atoms with E-state index in [1.54, 1.807) is 27.2 Å². The molecule has 5 aromatic rings. The van der Waals surface area contributed by atoms with Crippen molar-refractivity contribution in [2.45, 2.75) is 91.8 Å². The molecule has 0 saturated carbocycles. The van der Waals surface area contributed by atoms with E-state index in [-0.39, 0.29) is 43.0 Å². The smallest absolute Gasteiger partial charge is 0.416 e. The molecule has 0 unspecified atom stereocenters. The number of benzene rings is 3. The molecule has 1 aliphatic heterocycles. The molecule has 0 spiro atoms. The molecule has 6 rings (SSSR count). The van der Waals surface area contributed by atoms with E-state index in [9.17, 15) is 31.1 Å². The van der Waals surface area contributed by atoms with Crippen LogP contribution in [-0.2, 0) is 53.4 Å². The summed E-state index contributed by atoms with van der Waals surface area (Å²) in [4.78, 5) is 14.1. The molecule has 0 bridgehead atoms. The number of alkyl halides is 6. The van der Waals surface area contributed by atoms with Crippen LogP contribution < -0.4 is 0 Å². The van der Waals surface area contributed by atoms with E-state index >= 15 is 4.39 Å². The van der Waals surface area contributed by atoms with Crippen LogP contribution in [-0.4, -0.2) is 37.0 Å². The van der Waals surface area contributed by atoms with Gasteiger partial charge in [-0.2, -0.15) is 31.4 Å². The van der Waals surface area contributed by atoms with Crippen molar-refractivity contribution in [1.82, 2.24) is 18.7 Å². The van der Waals surface area contributed by atoms with Crippen molar-refractivity contribution in [3.8, 4) is 16.9 Å². The molecule has 0 amide bonds. The lowest BCUT2D eigenvalue weighted by Gasteiger charge is -2.33.